The van der Waals surface area contributed by atoms with Crippen LogP contribution in [0.5, 0.6) is 0 Å². The fourth-order valence-electron chi connectivity index (χ4n) is 3.09. The van der Waals surface area contributed by atoms with Crippen molar-refractivity contribution in [1.82, 2.24) is 4.90 Å². The Hall–Kier alpha value is -0.610. The van der Waals surface area contributed by atoms with Crippen LogP contribution in [-0.4, -0.2) is 42.6 Å². The molecule has 1 aliphatic rings. The zero-order valence-electron chi connectivity index (χ0n) is 14.6. The van der Waals surface area contributed by atoms with E-state index >= 15 is 0 Å². The molecule has 21 heavy (non-hydrogen) atoms. The van der Waals surface area contributed by atoms with Gasteiger partial charge in [-0.1, -0.05) is 20.8 Å². The first-order valence-electron chi connectivity index (χ1n) is 8.35. The van der Waals surface area contributed by atoms with Crippen LogP contribution < -0.4 is 5.73 Å². The average molecular weight is 298 g/mol. The van der Waals surface area contributed by atoms with Gasteiger partial charge in [-0.25, -0.2) is 0 Å². The molecule has 0 radical (unpaired) electrons. The summed E-state index contributed by atoms with van der Waals surface area (Å²) >= 11 is 0. The van der Waals surface area contributed by atoms with Crippen molar-refractivity contribution in [3.05, 3.63) is 0 Å². The number of nitrogens with zero attached hydrogens (tertiary/aromatic N) is 1. The SMILES string of the molecule is CCOC(=O)C(C)(N)CCCN1CCC(C(C)(C)C)CC1. The zero-order valence-corrected chi connectivity index (χ0v) is 14.6. The quantitative estimate of drug-likeness (QED) is 0.766. The van der Waals surface area contributed by atoms with Gasteiger partial charge in [-0.15, -0.1) is 0 Å². The molecule has 0 amide bonds. The number of esters is 1. The molecule has 0 aromatic carbocycles. The number of ether oxygens (including phenoxy) is 1. The molecule has 1 atom stereocenters. The topological polar surface area (TPSA) is 55.6 Å². The number of carbonyl (C=O) groups is 1. The van der Waals surface area contributed by atoms with Crippen LogP contribution in [0, 0.1) is 11.3 Å². The third kappa shape index (κ3) is 5.95. The van der Waals surface area contributed by atoms with Crippen molar-refractivity contribution >= 4 is 5.97 Å². The number of likely N-dealkylation sites (tertiary alicyclic amines) is 1. The van der Waals surface area contributed by atoms with Crippen LogP contribution in [-0.2, 0) is 9.53 Å². The molecule has 1 unspecified atom stereocenters. The van der Waals surface area contributed by atoms with E-state index in [0.717, 1.165) is 18.9 Å². The standard InChI is InChI=1S/C17H34N2O2/c1-6-21-15(20)17(5,18)10-7-11-19-12-8-14(9-13-19)16(2,3)4/h14H,6-13,18H2,1-5H3. The molecule has 1 saturated heterocycles. The lowest BCUT2D eigenvalue weighted by Gasteiger charge is -2.39. The minimum absolute atomic E-state index is 0.281. The highest BCUT2D eigenvalue weighted by Gasteiger charge is 2.31. The molecule has 1 aliphatic heterocycles. The van der Waals surface area contributed by atoms with Crippen molar-refractivity contribution in [2.45, 2.75) is 65.8 Å². The Kier molecular flexibility index (Phi) is 6.67. The lowest BCUT2D eigenvalue weighted by atomic mass is 9.75. The highest BCUT2D eigenvalue weighted by atomic mass is 16.5. The van der Waals surface area contributed by atoms with Gasteiger partial charge >= 0.3 is 5.97 Å². The second-order valence-corrected chi connectivity index (χ2v) is 7.72. The van der Waals surface area contributed by atoms with Crippen LogP contribution in [0.3, 0.4) is 0 Å². The summed E-state index contributed by atoms with van der Waals surface area (Å²) in [6, 6.07) is 0. The largest absolute Gasteiger partial charge is 0.465 e. The van der Waals surface area contributed by atoms with E-state index in [9.17, 15) is 4.79 Å². The van der Waals surface area contributed by atoms with E-state index in [1.54, 1.807) is 6.92 Å². The third-order valence-electron chi connectivity index (χ3n) is 4.72. The predicted octanol–water partition coefficient (Wildman–Crippen LogP) is 2.81. The molecule has 0 aromatic heterocycles. The van der Waals surface area contributed by atoms with E-state index in [-0.39, 0.29) is 5.97 Å². The maximum atomic E-state index is 11.7. The molecule has 2 N–H and O–H groups in total. The summed E-state index contributed by atoms with van der Waals surface area (Å²) in [5, 5.41) is 0. The van der Waals surface area contributed by atoms with Gasteiger partial charge in [0.05, 0.1) is 6.61 Å². The lowest BCUT2D eigenvalue weighted by molar-refractivity contribution is -0.149. The molecule has 0 bridgehead atoms. The average Bonchev–Trinajstić information content (AvgIpc) is 2.38. The van der Waals surface area contributed by atoms with E-state index in [1.165, 1.54) is 25.9 Å². The van der Waals surface area contributed by atoms with Gasteiger partial charge in [-0.3, -0.25) is 4.79 Å². The first-order valence-corrected chi connectivity index (χ1v) is 8.35. The van der Waals surface area contributed by atoms with Crippen LogP contribution in [0.1, 0.15) is 60.3 Å². The maximum absolute atomic E-state index is 11.7. The second kappa shape index (κ2) is 7.59. The van der Waals surface area contributed by atoms with Gasteiger partial charge in [-0.05, 0) is 70.5 Å². The highest BCUT2D eigenvalue weighted by Crippen LogP contribution is 2.34. The van der Waals surface area contributed by atoms with Crippen LogP contribution in [0.2, 0.25) is 0 Å². The van der Waals surface area contributed by atoms with Crippen molar-refractivity contribution in [3.8, 4) is 0 Å². The van der Waals surface area contributed by atoms with Crippen molar-refractivity contribution in [2.24, 2.45) is 17.1 Å². The van der Waals surface area contributed by atoms with Crippen LogP contribution in [0.25, 0.3) is 0 Å². The van der Waals surface area contributed by atoms with Crippen LogP contribution in [0.4, 0.5) is 0 Å². The summed E-state index contributed by atoms with van der Waals surface area (Å²) < 4.78 is 5.02. The van der Waals surface area contributed by atoms with Gasteiger partial charge < -0.3 is 15.4 Å². The molecule has 1 rings (SSSR count). The number of piperidine rings is 1. The maximum Gasteiger partial charge on any atom is 0.325 e. The Morgan fingerprint density at radius 3 is 2.29 bits per heavy atom. The zero-order chi connectivity index (χ0) is 16.1. The number of nitrogens with two attached hydrogens (primary N) is 1. The number of rotatable bonds is 6. The van der Waals surface area contributed by atoms with Gasteiger partial charge in [0.25, 0.3) is 0 Å². The molecule has 124 valence electrons. The predicted molar refractivity (Wildman–Crippen MR) is 87.1 cm³/mol. The Balaban J connectivity index is 2.27. The summed E-state index contributed by atoms with van der Waals surface area (Å²) in [7, 11) is 0. The van der Waals surface area contributed by atoms with E-state index < -0.39 is 5.54 Å². The van der Waals surface area contributed by atoms with Gasteiger partial charge in [0.2, 0.25) is 0 Å². The Bertz CT molecular complexity index is 326. The van der Waals surface area contributed by atoms with Gasteiger partial charge in [0.1, 0.15) is 5.54 Å². The fraction of sp³-hybridized carbons (Fsp3) is 0.941. The number of hydrogen-bond acceptors (Lipinski definition) is 4. The smallest absolute Gasteiger partial charge is 0.325 e. The normalized spacial score (nSPS) is 21.0. The minimum atomic E-state index is -0.847. The number of carbonyl (C=O) groups excluding carboxylic acids is 1. The lowest BCUT2D eigenvalue weighted by Crippen LogP contribution is -2.47. The monoisotopic (exact) mass is 298 g/mol. The molecule has 4 heteroatoms. The summed E-state index contributed by atoms with van der Waals surface area (Å²) in [4.78, 5) is 14.2. The molecular formula is C17H34N2O2. The van der Waals surface area contributed by atoms with Crippen molar-refractivity contribution in [3.63, 3.8) is 0 Å². The fourth-order valence-corrected chi connectivity index (χ4v) is 3.09. The highest BCUT2D eigenvalue weighted by molar-refractivity contribution is 5.79. The second-order valence-electron chi connectivity index (χ2n) is 7.72. The molecule has 4 nitrogen and oxygen atoms in total. The first-order chi connectivity index (χ1) is 9.66. The molecule has 1 heterocycles. The van der Waals surface area contributed by atoms with Crippen molar-refractivity contribution in [2.75, 3.05) is 26.2 Å². The van der Waals surface area contributed by atoms with E-state index in [1.807, 2.05) is 6.92 Å². The molecule has 0 aliphatic carbocycles. The summed E-state index contributed by atoms with van der Waals surface area (Å²) in [5.74, 6) is 0.546. The van der Waals surface area contributed by atoms with Gasteiger partial charge in [0, 0.05) is 0 Å². The van der Waals surface area contributed by atoms with Crippen molar-refractivity contribution < 1.29 is 9.53 Å². The first kappa shape index (κ1) is 18.4. The van der Waals surface area contributed by atoms with E-state index in [2.05, 4.69) is 25.7 Å². The van der Waals surface area contributed by atoms with E-state index in [4.69, 9.17) is 10.5 Å². The third-order valence-corrected chi connectivity index (χ3v) is 4.72. The molecule has 1 fully saturated rings. The van der Waals surface area contributed by atoms with E-state index in [0.29, 0.717) is 18.4 Å². The summed E-state index contributed by atoms with van der Waals surface area (Å²) in [6.07, 6.45) is 4.19. The Labute approximate surface area is 130 Å². The number of hydrogen-bond donors (Lipinski definition) is 1. The molecule has 0 aromatic rings. The Morgan fingerprint density at radius 1 is 1.24 bits per heavy atom. The molecular weight excluding hydrogens is 264 g/mol. The van der Waals surface area contributed by atoms with Gasteiger partial charge in [0.15, 0.2) is 0 Å². The Morgan fingerprint density at radius 2 is 1.81 bits per heavy atom. The van der Waals surface area contributed by atoms with Crippen LogP contribution in [0.15, 0.2) is 0 Å². The minimum Gasteiger partial charge on any atom is -0.465 e. The molecule has 0 spiro atoms. The van der Waals surface area contributed by atoms with Crippen LogP contribution >= 0.6 is 0 Å². The molecule has 0 saturated carbocycles. The summed E-state index contributed by atoms with van der Waals surface area (Å²) in [5.41, 5.74) is 5.62. The summed E-state index contributed by atoms with van der Waals surface area (Å²) in [6.45, 7) is 14.4. The van der Waals surface area contributed by atoms with Crippen molar-refractivity contribution in [1.29, 1.82) is 0 Å². The van der Waals surface area contributed by atoms with Gasteiger partial charge in [-0.2, -0.15) is 0 Å².